The first-order valence-corrected chi connectivity index (χ1v) is 9.34. The van der Waals surface area contributed by atoms with Crippen LogP contribution in [0.3, 0.4) is 0 Å². The molecule has 0 radical (unpaired) electrons. The van der Waals surface area contributed by atoms with Gasteiger partial charge >= 0.3 is 0 Å². The normalized spacial score (nSPS) is 12.0. The molecule has 0 amide bonds. The quantitative estimate of drug-likeness (QED) is 0.713. The lowest BCUT2D eigenvalue weighted by molar-refractivity contribution is 0.414. The third kappa shape index (κ3) is 2.59. The van der Waals surface area contributed by atoms with Crippen molar-refractivity contribution >= 4 is 15.4 Å². The van der Waals surface area contributed by atoms with Crippen molar-refractivity contribution in [3.63, 3.8) is 0 Å². The van der Waals surface area contributed by atoms with E-state index in [0.29, 0.717) is 10.6 Å². The summed E-state index contributed by atoms with van der Waals surface area (Å²) in [5.41, 5.74) is 2.52. The molecule has 0 saturated carbocycles. The molecule has 0 bridgehead atoms. The monoisotopic (exact) mass is 343 g/mol. The molecule has 5 heteroatoms. The highest BCUT2D eigenvalue weighted by atomic mass is 32.2. The molecule has 126 valence electrons. The Labute approximate surface area is 142 Å². The molecule has 0 atom stereocenters. The van der Waals surface area contributed by atoms with Crippen molar-refractivity contribution < 1.29 is 13.2 Å². The van der Waals surface area contributed by atoms with Gasteiger partial charge in [0.25, 0.3) is 0 Å². The molecule has 2 aromatic heterocycles. The van der Waals surface area contributed by atoms with Crippen molar-refractivity contribution in [1.29, 1.82) is 0 Å². The van der Waals surface area contributed by atoms with Crippen LogP contribution in [0.1, 0.15) is 30.9 Å². The molecule has 4 nitrogen and oxygen atoms in total. The topological polar surface area (TPSA) is 47.8 Å². The van der Waals surface area contributed by atoms with Gasteiger partial charge in [-0.15, -0.1) is 0 Å². The number of methoxy groups -OCH3 is 1. The van der Waals surface area contributed by atoms with E-state index in [1.165, 1.54) is 0 Å². The zero-order chi connectivity index (χ0) is 17.5. The second kappa shape index (κ2) is 5.98. The van der Waals surface area contributed by atoms with Gasteiger partial charge in [-0.05, 0) is 54.3 Å². The van der Waals surface area contributed by atoms with Crippen LogP contribution in [-0.2, 0) is 9.84 Å². The van der Waals surface area contributed by atoms with Crippen molar-refractivity contribution in [2.75, 3.05) is 7.11 Å². The van der Waals surface area contributed by atoms with Crippen LogP contribution in [0.2, 0.25) is 0 Å². The molecule has 0 unspecified atom stereocenters. The lowest BCUT2D eigenvalue weighted by Gasteiger charge is -2.11. The summed E-state index contributed by atoms with van der Waals surface area (Å²) in [6.45, 7) is 5.96. The standard InChI is InChI=1S/C19H21NO3S/c1-13(2)17-12-20-11-5-6-14(3)18(20)19(17)24(21,22)16-9-7-15(23-4)8-10-16/h5-13H,1-4H3. The molecule has 3 aromatic rings. The molecule has 0 aliphatic rings. The summed E-state index contributed by atoms with van der Waals surface area (Å²) in [5, 5.41) is 0. The molecule has 1 aromatic carbocycles. The molecule has 24 heavy (non-hydrogen) atoms. The zero-order valence-electron chi connectivity index (χ0n) is 14.3. The van der Waals surface area contributed by atoms with Gasteiger partial charge in [0.1, 0.15) is 10.6 Å². The first-order valence-electron chi connectivity index (χ1n) is 7.85. The van der Waals surface area contributed by atoms with E-state index in [0.717, 1.165) is 16.6 Å². The predicted molar refractivity (Wildman–Crippen MR) is 94.7 cm³/mol. The third-order valence-corrected chi connectivity index (χ3v) is 6.10. The fourth-order valence-electron chi connectivity index (χ4n) is 2.95. The van der Waals surface area contributed by atoms with E-state index in [1.54, 1.807) is 31.4 Å². The number of rotatable bonds is 4. The maximum Gasteiger partial charge on any atom is 0.209 e. The molecular weight excluding hydrogens is 322 g/mol. The van der Waals surface area contributed by atoms with Gasteiger partial charge in [0, 0.05) is 12.4 Å². The van der Waals surface area contributed by atoms with Gasteiger partial charge in [0.2, 0.25) is 9.84 Å². The molecule has 0 spiro atoms. The minimum atomic E-state index is -3.62. The van der Waals surface area contributed by atoms with E-state index < -0.39 is 9.84 Å². The van der Waals surface area contributed by atoms with Gasteiger partial charge < -0.3 is 9.14 Å². The minimum absolute atomic E-state index is 0.104. The van der Waals surface area contributed by atoms with Crippen molar-refractivity contribution in [2.24, 2.45) is 0 Å². The fourth-order valence-corrected chi connectivity index (χ4v) is 4.80. The minimum Gasteiger partial charge on any atom is -0.497 e. The van der Waals surface area contributed by atoms with Crippen LogP contribution < -0.4 is 4.74 Å². The van der Waals surface area contributed by atoms with Crippen LogP contribution in [0, 0.1) is 6.92 Å². The van der Waals surface area contributed by atoms with Crippen LogP contribution in [0.4, 0.5) is 0 Å². The number of pyridine rings is 1. The highest BCUT2D eigenvalue weighted by Crippen LogP contribution is 2.35. The van der Waals surface area contributed by atoms with Crippen LogP contribution in [0.15, 0.2) is 58.6 Å². The summed E-state index contributed by atoms with van der Waals surface area (Å²) in [4.78, 5) is 0.683. The smallest absolute Gasteiger partial charge is 0.209 e. The Bertz CT molecular complexity index is 983. The zero-order valence-corrected chi connectivity index (χ0v) is 15.1. The summed E-state index contributed by atoms with van der Waals surface area (Å²) >= 11 is 0. The predicted octanol–water partition coefficient (Wildman–Crippen LogP) is 4.21. The molecule has 0 aliphatic carbocycles. The van der Waals surface area contributed by atoms with Crippen molar-refractivity contribution in [3.8, 4) is 5.75 Å². The molecular formula is C19H21NO3S. The Hall–Kier alpha value is -2.27. The van der Waals surface area contributed by atoms with Gasteiger partial charge in [-0.25, -0.2) is 8.42 Å². The molecule has 3 rings (SSSR count). The van der Waals surface area contributed by atoms with Gasteiger partial charge in [-0.2, -0.15) is 0 Å². The van der Waals surface area contributed by atoms with Crippen molar-refractivity contribution in [1.82, 2.24) is 4.40 Å². The van der Waals surface area contributed by atoms with Crippen molar-refractivity contribution in [3.05, 3.63) is 59.9 Å². The lowest BCUT2D eigenvalue weighted by Crippen LogP contribution is -2.06. The summed E-state index contributed by atoms with van der Waals surface area (Å²) in [6, 6.07) is 10.4. The van der Waals surface area contributed by atoms with E-state index in [9.17, 15) is 8.42 Å². The number of ether oxygens (including phenoxy) is 1. The van der Waals surface area contributed by atoms with Gasteiger partial charge in [-0.3, -0.25) is 0 Å². The van der Waals surface area contributed by atoms with Crippen LogP contribution in [0.25, 0.3) is 5.52 Å². The average molecular weight is 343 g/mol. The van der Waals surface area contributed by atoms with E-state index >= 15 is 0 Å². The second-order valence-corrected chi connectivity index (χ2v) is 8.08. The lowest BCUT2D eigenvalue weighted by atomic mass is 10.1. The van der Waals surface area contributed by atoms with E-state index in [1.807, 2.05) is 49.7 Å². The number of nitrogens with zero attached hydrogens (tertiary/aromatic N) is 1. The molecule has 0 aliphatic heterocycles. The highest BCUT2D eigenvalue weighted by molar-refractivity contribution is 7.91. The van der Waals surface area contributed by atoms with Crippen LogP contribution in [-0.4, -0.2) is 19.9 Å². The molecule has 0 N–H and O–H groups in total. The van der Waals surface area contributed by atoms with Gasteiger partial charge in [0.05, 0.1) is 17.5 Å². The number of sulfone groups is 1. The first kappa shape index (κ1) is 16.6. The number of fused-ring (bicyclic) bond motifs is 1. The number of aromatic nitrogens is 1. The SMILES string of the molecule is COc1ccc(S(=O)(=O)c2c(C(C)C)cn3cccc(C)c23)cc1. The molecule has 0 saturated heterocycles. The maximum absolute atomic E-state index is 13.3. The van der Waals surface area contributed by atoms with E-state index in [2.05, 4.69) is 0 Å². The van der Waals surface area contributed by atoms with Crippen LogP contribution in [0.5, 0.6) is 5.75 Å². The number of hydrogen-bond acceptors (Lipinski definition) is 3. The van der Waals surface area contributed by atoms with Crippen molar-refractivity contribution in [2.45, 2.75) is 36.5 Å². The Morgan fingerprint density at radius 2 is 1.75 bits per heavy atom. The Kier molecular flexibility index (Phi) is 4.13. The first-order chi connectivity index (χ1) is 11.4. The second-order valence-electron chi connectivity index (χ2n) is 6.19. The fraction of sp³-hybridized carbons (Fsp3) is 0.263. The van der Waals surface area contributed by atoms with E-state index in [4.69, 9.17) is 4.74 Å². The molecule has 0 fully saturated rings. The Morgan fingerprint density at radius 3 is 2.33 bits per heavy atom. The summed E-state index contributed by atoms with van der Waals surface area (Å²) in [5.74, 6) is 0.739. The van der Waals surface area contributed by atoms with Gasteiger partial charge in [0.15, 0.2) is 0 Å². The third-order valence-electron chi connectivity index (χ3n) is 4.24. The highest BCUT2D eigenvalue weighted by Gasteiger charge is 2.28. The largest absolute Gasteiger partial charge is 0.497 e. The summed E-state index contributed by atoms with van der Waals surface area (Å²) in [7, 11) is -2.06. The van der Waals surface area contributed by atoms with Crippen LogP contribution >= 0.6 is 0 Å². The van der Waals surface area contributed by atoms with Gasteiger partial charge in [-0.1, -0.05) is 19.9 Å². The molecule has 2 heterocycles. The maximum atomic E-state index is 13.3. The Balaban J connectivity index is 2.32. The number of hydrogen-bond donors (Lipinski definition) is 0. The summed E-state index contributed by atoms with van der Waals surface area (Å²) < 4.78 is 33.7. The van der Waals surface area contributed by atoms with E-state index in [-0.39, 0.29) is 10.8 Å². The number of aryl methyl sites for hydroxylation is 1. The average Bonchev–Trinajstić information content (AvgIpc) is 2.97. The number of benzene rings is 1. The summed E-state index contributed by atoms with van der Waals surface area (Å²) in [6.07, 6.45) is 3.81. The Morgan fingerprint density at radius 1 is 1.08 bits per heavy atom.